The van der Waals surface area contributed by atoms with Crippen LogP contribution in [0.3, 0.4) is 0 Å². The minimum atomic E-state index is 0.276. The Bertz CT molecular complexity index is 184. The first-order valence-corrected chi connectivity index (χ1v) is 5.35. The number of halogens is 2. The fourth-order valence-corrected chi connectivity index (χ4v) is 1.93. The van der Waals surface area contributed by atoms with Gasteiger partial charge < -0.3 is 5.11 Å². The van der Waals surface area contributed by atoms with Crippen LogP contribution in [0.25, 0.3) is 0 Å². The van der Waals surface area contributed by atoms with Gasteiger partial charge in [-0.2, -0.15) is 0 Å². The van der Waals surface area contributed by atoms with Crippen molar-refractivity contribution >= 4 is 23.2 Å². The van der Waals surface area contributed by atoms with E-state index in [-0.39, 0.29) is 6.61 Å². The molecule has 76 valence electrons. The Kier molecular flexibility index (Phi) is 5.10. The van der Waals surface area contributed by atoms with Gasteiger partial charge in [-0.05, 0) is 25.3 Å². The van der Waals surface area contributed by atoms with Crippen LogP contribution in [-0.2, 0) is 0 Å². The third-order valence-electron chi connectivity index (χ3n) is 2.35. The van der Waals surface area contributed by atoms with Crippen molar-refractivity contribution in [2.75, 3.05) is 26.2 Å². The number of aliphatic hydroxyl groups excluding tert-OH is 1. The standard InChI is InChI=1S/C9H15Cl2NO/c10-4-9(11)6-12-3-1-2-8(5-12)7-13/h4,8,13H,1-3,5-7H2/b9-4-. The lowest BCUT2D eigenvalue weighted by Gasteiger charge is -2.31. The molecule has 1 aliphatic rings. The summed E-state index contributed by atoms with van der Waals surface area (Å²) in [5.41, 5.74) is 1.41. The van der Waals surface area contributed by atoms with E-state index in [0.29, 0.717) is 17.5 Å². The first kappa shape index (κ1) is 11.3. The number of hydrogen-bond donors (Lipinski definition) is 1. The molecule has 0 spiro atoms. The molecule has 0 bridgehead atoms. The molecule has 0 aromatic rings. The Morgan fingerprint density at radius 3 is 3.00 bits per heavy atom. The van der Waals surface area contributed by atoms with Crippen LogP contribution in [0.2, 0.25) is 0 Å². The number of aliphatic hydroxyl groups is 1. The van der Waals surface area contributed by atoms with Crippen molar-refractivity contribution in [2.24, 2.45) is 5.92 Å². The molecule has 0 aromatic heterocycles. The summed E-state index contributed by atoms with van der Waals surface area (Å²) in [4.78, 5) is 2.23. The molecule has 1 heterocycles. The minimum absolute atomic E-state index is 0.276. The molecule has 1 unspecified atom stereocenters. The van der Waals surface area contributed by atoms with Gasteiger partial charge in [0.15, 0.2) is 0 Å². The topological polar surface area (TPSA) is 23.5 Å². The SMILES string of the molecule is OCC1CCCN(C/C(Cl)=C/Cl)C1. The van der Waals surface area contributed by atoms with E-state index in [1.807, 2.05) is 0 Å². The molecule has 0 saturated carbocycles. The van der Waals surface area contributed by atoms with E-state index in [2.05, 4.69) is 4.90 Å². The van der Waals surface area contributed by atoms with Crippen molar-refractivity contribution in [1.29, 1.82) is 0 Å². The molecule has 1 N–H and O–H groups in total. The summed E-state index contributed by atoms with van der Waals surface area (Å²) < 4.78 is 0. The van der Waals surface area contributed by atoms with Gasteiger partial charge in [0.2, 0.25) is 0 Å². The van der Waals surface area contributed by atoms with E-state index in [1.165, 1.54) is 5.54 Å². The van der Waals surface area contributed by atoms with Crippen LogP contribution in [-0.4, -0.2) is 36.2 Å². The summed E-state index contributed by atoms with van der Waals surface area (Å²) in [7, 11) is 0. The van der Waals surface area contributed by atoms with Crippen LogP contribution in [0.4, 0.5) is 0 Å². The predicted molar refractivity (Wildman–Crippen MR) is 56.0 cm³/mol. The third kappa shape index (κ3) is 3.86. The van der Waals surface area contributed by atoms with E-state index in [9.17, 15) is 0 Å². The highest BCUT2D eigenvalue weighted by Crippen LogP contribution is 2.17. The zero-order valence-corrected chi connectivity index (χ0v) is 9.06. The lowest BCUT2D eigenvalue weighted by atomic mass is 9.99. The van der Waals surface area contributed by atoms with Crippen LogP contribution in [0, 0.1) is 5.92 Å². The molecule has 1 saturated heterocycles. The van der Waals surface area contributed by atoms with Gasteiger partial charge in [-0.1, -0.05) is 23.2 Å². The molecule has 0 amide bonds. The van der Waals surface area contributed by atoms with E-state index >= 15 is 0 Å². The summed E-state index contributed by atoms with van der Waals surface area (Å²) in [6.07, 6.45) is 2.26. The highest BCUT2D eigenvalue weighted by Gasteiger charge is 2.19. The second-order valence-corrected chi connectivity index (χ2v) is 4.19. The van der Waals surface area contributed by atoms with E-state index in [0.717, 1.165) is 25.9 Å². The van der Waals surface area contributed by atoms with Crippen molar-refractivity contribution in [3.05, 3.63) is 10.6 Å². The first-order chi connectivity index (χ1) is 6.26. The summed E-state index contributed by atoms with van der Waals surface area (Å²) in [6.45, 7) is 2.97. The van der Waals surface area contributed by atoms with Gasteiger partial charge in [-0.3, -0.25) is 4.90 Å². The third-order valence-corrected chi connectivity index (χ3v) is 2.96. The molecule has 0 radical (unpaired) electrons. The highest BCUT2D eigenvalue weighted by molar-refractivity contribution is 6.36. The van der Waals surface area contributed by atoms with Crippen LogP contribution >= 0.6 is 23.2 Å². The summed E-state index contributed by atoms with van der Waals surface area (Å²) in [5, 5.41) is 9.67. The van der Waals surface area contributed by atoms with Gasteiger partial charge in [0.1, 0.15) is 0 Å². The molecule has 0 aromatic carbocycles. The Morgan fingerprint density at radius 2 is 2.38 bits per heavy atom. The zero-order valence-electron chi connectivity index (χ0n) is 7.55. The lowest BCUT2D eigenvalue weighted by molar-refractivity contribution is 0.128. The van der Waals surface area contributed by atoms with Crippen molar-refractivity contribution < 1.29 is 5.11 Å². The Balaban J connectivity index is 2.34. The molecule has 13 heavy (non-hydrogen) atoms. The smallest absolute Gasteiger partial charge is 0.0471 e. The molecule has 4 heteroatoms. The minimum Gasteiger partial charge on any atom is -0.396 e. The van der Waals surface area contributed by atoms with Gasteiger partial charge >= 0.3 is 0 Å². The van der Waals surface area contributed by atoms with Gasteiger partial charge in [0.25, 0.3) is 0 Å². The second-order valence-electron chi connectivity index (χ2n) is 3.48. The van der Waals surface area contributed by atoms with E-state index in [1.54, 1.807) is 0 Å². The van der Waals surface area contributed by atoms with Crippen molar-refractivity contribution in [3.8, 4) is 0 Å². The van der Waals surface area contributed by atoms with E-state index in [4.69, 9.17) is 28.3 Å². The number of likely N-dealkylation sites (tertiary alicyclic amines) is 1. The molecule has 1 rings (SSSR count). The molecular formula is C9H15Cl2NO. The first-order valence-electron chi connectivity index (χ1n) is 4.54. The van der Waals surface area contributed by atoms with Crippen LogP contribution in [0.15, 0.2) is 10.6 Å². The quantitative estimate of drug-likeness (QED) is 0.792. The molecular weight excluding hydrogens is 209 g/mol. The van der Waals surface area contributed by atoms with Crippen molar-refractivity contribution in [2.45, 2.75) is 12.8 Å². The fraction of sp³-hybridized carbons (Fsp3) is 0.778. The van der Waals surface area contributed by atoms with E-state index < -0.39 is 0 Å². The molecule has 0 aliphatic carbocycles. The monoisotopic (exact) mass is 223 g/mol. The highest BCUT2D eigenvalue weighted by atomic mass is 35.5. The van der Waals surface area contributed by atoms with Gasteiger partial charge in [0.05, 0.1) is 0 Å². The Morgan fingerprint density at radius 1 is 1.62 bits per heavy atom. The summed E-state index contributed by atoms with van der Waals surface area (Å²) in [6, 6.07) is 0. The van der Waals surface area contributed by atoms with Crippen LogP contribution < -0.4 is 0 Å². The van der Waals surface area contributed by atoms with Gasteiger partial charge in [-0.15, -0.1) is 0 Å². The predicted octanol–water partition coefficient (Wildman–Crippen LogP) is 2.01. The van der Waals surface area contributed by atoms with Crippen molar-refractivity contribution in [1.82, 2.24) is 4.90 Å². The number of rotatable bonds is 3. The maximum absolute atomic E-state index is 9.00. The lowest BCUT2D eigenvalue weighted by Crippen LogP contribution is -2.37. The summed E-state index contributed by atoms with van der Waals surface area (Å²) >= 11 is 11.3. The van der Waals surface area contributed by atoms with Crippen LogP contribution in [0.1, 0.15) is 12.8 Å². The average molecular weight is 224 g/mol. The number of nitrogens with zero attached hydrogens (tertiary/aromatic N) is 1. The maximum atomic E-state index is 9.00. The largest absolute Gasteiger partial charge is 0.396 e. The molecule has 1 fully saturated rings. The molecule has 2 nitrogen and oxygen atoms in total. The molecule has 1 aliphatic heterocycles. The Hall–Kier alpha value is 0.240. The number of hydrogen-bond acceptors (Lipinski definition) is 2. The van der Waals surface area contributed by atoms with Gasteiger partial charge in [-0.25, -0.2) is 0 Å². The van der Waals surface area contributed by atoms with Crippen molar-refractivity contribution in [3.63, 3.8) is 0 Å². The normalized spacial score (nSPS) is 26.4. The Labute approximate surface area is 89.1 Å². The zero-order chi connectivity index (χ0) is 9.68. The maximum Gasteiger partial charge on any atom is 0.0471 e. The average Bonchev–Trinajstić information content (AvgIpc) is 2.18. The second kappa shape index (κ2) is 5.86. The summed E-state index contributed by atoms with van der Waals surface area (Å²) in [5.74, 6) is 0.411. The fourth-order valence-electron chi connectivity index (χ4n) is 1.69. The van der Waals surface area contributed by atoms with Gasteiger partial charge in [0, 0.05) is 30.3 Å². The number of piperidine rings is 1. The molecule has 1 atom stereocenters. The van der Waals surface area contributed by atoms with Crippen LogP contribution in [0.5, 0.6) is 0 Å².